The average Bonchev–Trinajstić information content (AvgIpc) is 3.08. The van der Waals surface area contributed by atoms with Crippen LogP contribution in [0.25, 0.3) is 6.08 Å². The standard InChI is InChI=1S/C24H19ClN2O5S/c1-13-20(23(30)31-3)21(16-6-10-18(11-7-16)32-14(2)28)27-22(29)19(33-24(27)26-13)12-15-4-8-17(25)9-5-15/h4-12,21H,1-3H3/b19-12+/t21-/m1/s1. The third-order valence-electron chi connectivity index (χ3n) is 5.05. The number of thiazole rings is 1. The largest absolute Gasteiger partial charge is 0.466 e. The van der Waals surface area contributed by atoms with E-state index in [2.05, 4.69) is 4.99 Å². The van der Waals surface area contributed by atoms with Crippen LogP contribution in [0.1, 0.15) is 31.0 Å². The van der Waals surface area contributed by atoms with Crippen molar-refractivity contribution in [2.24, 2.45) is 4.99 Å². The summed E-state index contributed by atoms with van der Waals surface area (Å²) >= 11 is 7.20. The van der Waals surface area contributed by atoms with Gasteiger partial charge in [-0.2, -0.15) is 0 Å². The molecule has 0 bridgehead atoms. The molecule has 0 aliphatic carbocycles. The molecule has 1 aliphatic rings. The van der Waals surface area contributed by atoms with Crippen molar-refractivity contribution in [3.63, 3.8) is 0 Å². The molecule has 1 aromatic heterocycles. The highest BCUT2D eigenvalue weighted by atomic mass is 35.5. The molecule has 0 N–H and O–H groups in total. The van der Waals surface area contributed by atoms with Crippen molar-refractivity contribution < 1.29 is 19.1 Å². The van der Waals surface area contributed by atoms with Crippen LogP contribution in [0.3, 0.4) is 0 Å². The summed E-state index contributed by atoms with van der Waals surface area (Å²) in [6.07, 6.45) is 1.76. The fourth-order valence-electron chi connectivity index (χ4n) is 3.60. The Bertz CT molecular complexity index is 1450. The Balaban J connectivity index is 1.90. The predicted molar refractivity (Wildman–Crippen MR) is 125 cm³/mol. The summed E-state index contributed by atoms with van der Waals surface area (Å²) in [6.45, 7) is 3.02. The number of hydrogen-bond donors (Lipinski definition) is 0. The van der Waals surface area contributed by atoms with Crippen molar-refractivity contribution in [1.82, 2.24) is 4.57 Å². The first-order valence-electron chi connectivity index (χ1n) is 9.93. The number of rotatable bonds is 4. The zero-order valence-corrected chi connectivity index (χ0v) is 19.6. The Kier molecular flexibility index (Phi) is 6.31. The predicted octanol–water partition coefficient (Wildman–Crippen LogP) is 2.99. The van der Waals surface area contributed by atoms with E-state index >= 15 is 0 Å². The Morgan fingerprint density at radius 2 is 1.79 bits per heavy atom. The number of carbonyl (C=O) groups is 2. The molecule has 0 fully saturated rings. The van der Waals surface area contributed by atoms with Crippen LogP contribution in [0.5, 0.6) is 5.75 Å². The Hall–Kier alpha value is -3.49. The smallest absolute Gasteiger partial charge is 0.338 e. The van der Waals surface area contributed by atoms with Crippen LogP contribution in [0, 0.1) is 0 Å². The topological polar surface area (TPSA) is 87.0 Å². The molecular formula is C24H19ClN2O5S. The van der Waals surface area contributed by atoms with Gasteiger partial charge in [-0.05, 0) is 48.4 Å². The summed E-state index contributed by atoms with van der Waals surface area (Å²) in [5.41, 5.74) is 1.92. The lowest BCUT2D eigenvalue weighted by atomic mass is 9.96. The van der Waals surface area contributed by atoms with Gasteiger partial charge >= 0.3 is 11.9 Å². The normalized spacial score (nSPS) is 15.6. The molecule has 3 aromatic rings. The number of ether oxygens (including phenoxy) is 2. The summed E-state index contributed by atoms with van der Waals surface area (Å²) in [7, 11) is 1.29. The van der Waals surface area contributed by atoms with Crippen molar-refractivity contribution >= 4 is 41.0 Å². The Morgan fingerprint density at radius 3 is 2.39 bits per heavy atom. The maximum absolute atomic E-state index is 13.5. The highest BCUT2D eigenvalue weighted by Gasteiger charge is 2.33. The number of allylic oxidation sites excluding steroid dienone is 1. The summed E-state index contributed by atoms with van der Waals surface area (Å²) in [5, 5.41) is 0.601. The van der Waals surface area contributed by atoms with Crippen LogP contribution in [0.4, 0.5) is 0 Å². The molecule has 7 nitrogen and oxygen atoms in total. The molecule has 0 spiro atoms. The number of benzene rings is 2. The Morgan fingerprint density at radius 1 is 1.12 bits per heavy atom. The molecular weight excluding hydrogens is 464 g/mol. The summed E-state index contributed by atoms with van der Waals surface area (Å²) in [6, 6.07) is 13.0. The van der Waals surface area contributed by atoms with Gasteiger partial charge in [-0.25, -0.2) is 9.79 Å². The van der Waals surface area contributed by atoms with Gasteiger partial charge < -0.3 is 9.47 Å². The zero-order valence-electron chi connectivity index (χ0n) is 18.0. The molecule has 0 amide bonds. The van der Waals surface area contributed by atoms with Crippen LogP contribution in [0.2, 0.25) is 5.02 Å². The van der Waals surface area contributed by atoms with Gasteiger partial charge in [-0.15, -0.1) is 0 Å². The van der Waals surface area contributed by atoms with E-state index in [0.717, 1.165) is 5.56 Å². The fraction of sp³-hybridized carbons (Fsp3) is 0.167. The number of fused-ring (bicyclic) bond motifs is 1. The molecule has 2 heterocycles. The first kappa shape index (κ1) is 22.7. The van der Waals surface area contributed by atoms with E-state index in [1.807, 2.05) is 12.1 Å². The van der Waals surface area contributed by atoms with Crippen LogP contribution in [0.15, 0.2) is 69.6 Å². The lowest BCUT2D eigenvalue weighted by molar-refractivity contribution is -0.136. The van der Waals surface area contributed by atoms with E-state index in [9.17, 15) is 14.4 Å². The van der Waals surface area contributed by atoms with Gasteiger partial charge in [-0.3, -0.25) is 14.2 Å². The van der Waals surface area contributed by atoms with Gasteiger partial charge in [0.15, 0.2) is 4.80 Å². The summed E-state index contributed by atoms with van der Waals surface area (Å²) in [5.74, 6) is -0.650. The van der Waals surface area contributed by atoms with Crippen molar-refractivity contribution in [3.8, 4) is 5.75 Å². The molecule has 33 heavy (non-hydrogen) atoms. The number of carbonyl (C=O) groups excluding carboxylic acids is 2. The van der Waals surface area contributed by atoms with Crippen LogP contribution in [-0.4, -0.2) is 23.6 Å². The average molecular weight is 483 g/mol. The van der Waals surface area contributed by atoms with Gasteiger partial charge in [0, 0.05) is 11.9 Å². The van der Waals surface area contributed by atoms with Crippen LogP contribution < -0.4 is 19.6 Å². The first-order chi connectivity index (χ1) is 15.8. The lowest BCUT2D eigenvalue weighted by Gasteiger charge is -2.24. The molecule has 0 radical (unpaired) electrons. The van der Waals surface area contributed by atoms with E-state index in [4.69, 9.17) is 21.1 Å². The third-order valence-corrected chi connectivity index (χ3v) is 6.29. The molecule has 4 rings (SSSR count). The Labute approximate surface area is 197 Å². The summed E-state index contributed by atoms with van der Waals surface area (Å²) in [4.78, 5) is 42.4. The number of esters is 2. The van der Waals surface area contributed by atoms with Gasteiger partial charge in [0.05, 0.1) is 29.0 Å². The zero-order chi connectivity index (χ0) is 23.7. The number of hydrogen-bond acceptors (Lipinski definition) is 7. The number of nitrogens with zero attached hydrogens (tertiary/aromatic N) is 2. The van der Waals surface area contributed by atoms with E-state index in [-0.39, 0.29) is 11.1 Å². The maximum Gasteiger partial charge on any atom is 0.338 e. The van der Waals surface area contributed by atoms with Gasteiger partial charge in [-0.1, -0.05) is 47.2 Å². The number of methoxy groups -OCH3 is 1. The minimum Gasteiger partial charge on any atom is -0.466 e. The molecule has 0 saturated heterocycles. The van der Waals surface area contributed by atoms with Crippen LogP contribution in [-0.2, 0) is 14.3 Å². The minimum atomic E-state index is -0.743. The van der Waals surface area contributed by atoms with Crippen LogP contribution >= 0.6 is 22.9 Å². The highest BCUT2D eigenvalue weighted by Crippen LogP contribution is 2.31. The molecule has 9 heteroatoms. The molecule has 0 saturated carbocycles. The number of halogens is 1. The molecule has 0 unspecified atom stereocenters. The maximum atomic E-state index is 13.5. The van der Waals surface area contributed by atoms with E-state index in [0.29, 0.717) is 31.4 Å². The molecule has 168 valence electrons. The molecule has 2 aromatic carbocycles. The fourth-order valence-corrected chi connectivity index (χ4v) is 4.78. The first-order valence-corrected chi connectivity index (χ1v) is 11.1. The van der Waals surface area contributed by atoms with Gasteiger partial charge in [0.25, 0.3) is 5.56 Å². The second-order valence-corrected chi connectivity index (χ2v) is 8.73. The van der Waals surface area contributed by atoms with Crippen molar-refractivity contribution in [2.45, 2.75) is 19.9 Å². The molecule has 1 atom stereocenters. The monoisotopic (exact) mass is 482 g/mol. The quantitative estimate of drug-likeness (QED) is 0.421. The van der Waals surface area contributed by atoms with E-state index in [1.54, 1.807) is 49.4 Å². The van der Waals surface area contributed by atoms with Gasteiger partial charge in [0.1, 0.15) is 5.75 Å². The highest BCUT2D eigenvalue weighted by molar-refractivity contribution is 7.07. The second-order valence-electron chi connectivity index (χ2n) is 7.29. The SMILES string of the molecule is COC(=O)C1=C(C)N=c2s/c(=C/c3ccc(Cl)cc3)c(=O)n2[C@@H]1c1ccc(OC(C)=O)cc1. The second kappa shape index (κ2) is 9.17. The lowest BCUT2D eigenvalue weighted by Crippen LogP contribution is -2.39. The minimum absolute atomic E-state index is 0.267. The van der Waals surface area contributed by atoms with E-state index < -0.39 is 18.0 Å². The van der Waals surface area contributed by atoms with Crippen molar-refractivity contribution in [3.05, 3.63) is 95.6 Å². The van der Waals surface area contributed by atoms with Gasteiger partial charge in [0.2, 0.25) is 0 Å². The van der Waals surface area contributed by atoms with Crippen molar-refractivity contribution in [1.29, 1.82) is 0 Å². The third kappa shape index (κ3) is 4.53. The summed E-state index contributed by atoms with van der Waals surface area (Å²) < 4.78 is 12.1. The molecule has 1 aliphatic heterocycles. The van der Waals surface area contributed by atoms with E-state index in [1.165, 1.54) is 29.9 Å². The number of aromatic nitrogens is 1. The van der Waals surface area contributed by atoms with Crippen molar-refractivity contribution in [2.75, 3.05) is 7.11 Å².